The lowest BCUT2D eigenvalue weighted by Gasteiger charge is -2.25. The van der Waals surface area contributed by atoms with Crippen molar-refractivity contribution in [1.29, 1.82) is 0 Å². The monoisotopic (exact) mass is 328 g/mol. The van der Waals surface area contributed by atoms with Crippen LogP contribution in [-0.2, 0) is 4.74 Å². The van der Waals surface area contributed by atoms with E-state index >= 15 is 0 Å². The number of allylic oxidation sites excluding steroid dienone is 4. The first-order chi connectivity index (χ1) is 8.69. The van der Waals surface area contributed by atoms with Crippen molar-refractivity contribution in [2.45, 2.75) is 44.1 Å². The summed E-state index contributed by atoms with van der Waals surface area (Å²) in [7, 11) is 0. The lowest BCUT2D eigenvalue weighted by Crippen LogP contribution is -2.25. The highest BCUT2D eigenvalue weighted by molar-refractivity contribution is 9.11. The molecule has 1 aliphatic rings. The topological polar surface area (TPSA) is 9.23 Å². The van der Waals surface area contributed by atoms with Crippen LogP contribution in [-0.4, -0.2) is 11.5 Å². The average molecular weight is 330 g/mol. The lowest BCUT2D eigenvalue weighted by atomic mass is 10.1. The first-order valence-electron chi connectivity index (χ1n) is 6.13. The molecule has 0 aromatic carbocycles. The van der Waals surface area contributed by atoms with Crippen molar-refractivity contribution in [2.24, 2.45) is 0 Å². The van der Waals surface area contributed by atoms with Crippen molar-refractivity contribution < 1.29 is 4.74 Å². The second kappa shape index (κ2) is 8.45. The molecule has 0 N–H and O–H groups in total. The van der Waals surface area contributed by atoms with Crippen LogP contribution in [0.2, 0.25) is 0 Å². The minimum atomic E-state index is -0.0321. The summed E-state index contributed by atoms with van der Waals surface area (Å²) in [5.41, 5.74) is 0. The predicted octanol–water partition coefficient (Wildman–Crippen LogP) is 4.93. The number of rotatable bonds is 3. The van der Waals surface area contributed by atoms with Crippen LogP contribution in [0.15, 0.2) is 34.5 Å². The van der Waals surface area contributed by atoms with E-state index < -0.39 is 0 Å². The Morgan fingerprint density at radius 2 is 2.44 bits per heavy atom. The largest absolute Gasteiger partial charge is 0.492 e. The molecule has 0 saturated carbocycles. The molecule has 0 amide bonds. The first kappa shape index (κ1) is 15.4. The lowest BCUT2D eigenvalue weighted by molar-refractivity contribution is 0.108. The van der Waals surface area contributed by atoms with Crippen molar-refractivity contribution in [1.82, 2.24) is 0 Å². The summed E-state index contributed by atoms with van der Waals surface area (Å²) in [6.45, 7) is 2.09. The smallest absolute Gasteiger partial charge is 0.118 e. The third kappa shape index (κ3) is 4.92. The third-order valence-electron chi connectivity index (χ3n) is 2.72. The number of hydrogen-bond acceptors (Lipinski definition) is 1. The van der Waals surface area contributed by atoms with Crippen LogP contribution in [0.4, 0.5) is 0 Å². The Morgan fingerprint density at radius 3 is 3.11 bits per heavy atom. The van der Waals surface area contributed by atoms with Crippen LogP contribution in [0.5, 0.6) is 0 Å². The zero-order valence-corrected chi connectivity index (χ0v) is 12.9. The van der Waals surface area contributed by atoms with Gasteiger partial charge in [0.1, 0.15) is 11.9 Å². The Morgan fingerprint density at radius 1 is 1.67 bits per heavy atom. The second-order valence-corrected chi connectivity index (χ2v) is 5.59. The molecular weight excluding hydrogens is 312 g/mol. The first-order valence-corrected chi connectivity index (χ1v) is 7.36. The molecule has 2 atom stereocenters. The van der Waals surface area contributed by atoms with E-state index in [1.165, 1.54) is 0 Å². The van der Waals surface area contributed by atoms with Crippen LogP contribution in [0, 0.1) is 12.3 Å². The van der Waals surface area contributed by atoms with E-state index in [-0.39, 0.29) is 11.5 Å². The summed E-state index contributed by atoms with van der Waals surface area (Å²) in [5, 5.41) is -0.0314. The second-order valence-electron chi connectivity index (χ2n) is 4.07. The summed E-state index contributed by atoms with van der Waals surface area (Å²) < 4.78 is 7.13. The summed E-state index contributed by atoms with van der Waals surface area (Å²) >= 11 is 9.91. The molecule has 1 rings (SSSR count). The van der Waals surface area contributed by atoms with Gasteiger partial charge in [-0.1, -0.05) is 47.0 Å². The van der Waals surface area contributed by atoms with Gasteiger partial charge in [0.2, 0.25) is 0 Å². The average Bonchev–Trinajstić information content (AvgIpc) is 2.37. The Bertz CT molecular complexity index is 390. The molecule has 3 heteroatoms. The molecule has 1 heterocycles. The van der Waals surface area contributed by atoms with E-state index in [9.17, 15) is 0 Å². The van der Waals surface area contributed by atoms with E-state index in [0.717, 1.165) is 35.9 Å². The molecule has 98 valence electrons. The van der Waals surface area contributed by atoms with Gasteiger partial charge >= 0.3 is 0 Å². The van der Waals surface area contributed by atoms with Gasteiger partial charge in [0.15, 0.2) is 0 Å². The fourth-order valence-corrected chi connectivity index (χ4v) is 2.22. The van der Waals surface area contributed by atoms with Gasteiger partial charge in [-0.05, 0) is 18.9 Å². The highest BCUT2D eigenvalue weighted by Crippen LogP contribution is 2.28. The fourth-order valence-electron chi connectivity index (χ4n) is 1.71. The zero-order valence-electron chi connectivity index (χ0n) is 10.5. The van der Waals surface area contributed by atoms with Crippen molar-refractivity contribution in [2.75, 3.05) is 0 Å². The van der Waals surface area contributed by atoms with Crippen LogP contribution >= 0.6 is 27.5 Å². The van der Waals surface area contributed by atoms with E-state index in [4.69, 9.17) is 22.8 Å². The number of hydrogen-bond donors (Lipinski definition) is 0. The number of alkyl halides is 1. The molecule has 0 aromatic heterocycles. The molecule has 0 fully saturated rings. The third-order valence-corrected chi connectivity index (χ3v) is 4.19. The van der Waals surface area contributed by atoms with Gasteiger partial charge in [-0.15, -0.1) is 18.0 Å². The number of terminal acetylenes is 1. The van der Waals surface area contributed by atoms with E-state index in [1.54, 1.807) is 6.08 Å². The predicted molar refractivity (Wildman–Crippen MR) is 81.7 cm³/mol. The SMILES string of the molecule is C#C/C=C/C[C@H]1O/C(=C(\Br)CC)C/C=C\C[C@H]1Cl. The van der Waals surface area contributed by atoms with Gasteiger partial charge < -0.3 is 4.74 Å². The standard InChI is InChI=1S/C15H18BrClO/c1-3-5-6-11-15-13(17)9-7-8-10-14(18-15)12(16)4-2/h1,5-8,13,15H,4,9-11H2,2H3/b6-5+,8-7-,14-12-/t13-,15-/m1/s1. The van der Waals surface area contributed by atoms with Crippen LogP contribution in [0.3, 0.4) is 0 Å². The maximum absolute atomic E-state index is 6.35. The minimum Gasteiger partial charge on any atom is -0.492 e. The molecule has 0 bridgehead atoms. The minimum absolute atomic E-state index is 0.0314. The summed E-state index contributed by atoms with van der Waals surface area (Å²) in [6.07, 6.45) is 16.3. The van der Waals surface area contributed by atoms with Crippen molar-refractivity contribution in [3.05, 3.63) is 34.5 Å². The van der Waals surface area contributed by atoms with Crippen molar-refractivity contribution in [3.63, 3.8) is 0 Å². The maximum Gasteiger partial charge on any atom is 0.118 e. The number of ether oxygens (including phenoxy) is 1. The van der Waals surface area contributed by atoms with Gasteiger partial charge in [-0.3, -0.25) is 0 Å². The Balaban J connectivity index is 2.82. The molecule has 0 radical (unpaired) electrons. The van der Waals surface area contributed by atoms with Gasteiger partial charge in [0.05, 0.1) is 5.38 Å². The molecule has 18 heavy (non-hydrogen) atoms. The van der Waals surface area contributed by atoms with Gasteiger partial charge in [-0.2, -0.15) is 0 Å². The molecule has 0 unspecified atom stereocenters. The molecule has 0 saturated heterocycles. The van der Waals surface area contributed by atoms with Crippen LogP contribution in [0.1, 0.15) is 32.6 Å². The summed E-state index contributed by atoms with van der Waals surface area (Å²) in [5.74, 6) is 3.45. The fraction of sp³-hybridized carbons (Fsp3) is 0.467. The highest BCUT2D eigenvalue weighted by Gasteiger charge is 2.22. The quantitative estimate of drug-likeness (QED) is 0.405. The maximum atomic E-state index is 6.35. The normalized spacial score (nSPS) is 29.0. The molecule has 0 aliphatic carbocycles. The molecular formula is C15H18BrClO. The van der Waals surface area contributed by atoms with Crippen molar-refractivity contribution in [3.8, 4) is 12.3 Å². The summed E-state index contributed by atoms with van der Waals surface area (Å²) in [6, 6.07) is 0. The number of halogens is 2. The van der Waals surface area contributed by atoms with Crippen molar-refractivity contribution >= 4 is 27.5 Å². The van der Waals surface area contributed by atoms with E-state index in [2.05, 4.69) is 40.9 Å². The Hall–Kier alpha value is -0.650. The van der Waals surface area contributed by atoms with Crippen LogP contribution < -0.4 is 0 Å². The van der Waals surface area contributed by atoms with Gasteiger partial charge in [0, 0.05) is 17.3 Å². The Kier molecular flexibility index (Phi) is 7.23. The summed E-state index contributed by atoms with van der Waals surface area (Å²) in [4.78, 5) is 0. The molecule has 1 nitrogen and oxygen atoms in total. The van der Waals surface area contributed by atoms with Crippen LogP contribution in [0.25, 0.3) is 0 Å². The van der Waals surface area contributed by atoms with E-state index in [0.29, 0.717) is 0 Å². The van der Waals surface area contributed by atoms with Gasteiger partial charge in [0.25, 0.3) is 0 Å². The molecule has 0 spiro atoms. The zero-order chi connectivity index (χ0) is 13.4. The Labute approximate surface area is 123 Å². The molecule has 0 aromatic rings. The van der Waals surface area contributed by atoms with E-state index in [1.807, 2.05) is 6.08 Å². The van der Waals surface area contributed by atoms with Gasteiger partial charge in [-0.25, -0.2) is 0 Å². The molecule has 1 aliphatic heterocycles. The highest BCUT2D eigenvalue weighted by atomic mass is 79.9.